The molecule has 1 heterocycles. The van der Waals surface area contributed by atoms with Gasteiger partial charge in [-0.25, -0.2) is 0 Å². The molecule has 0 amide bonds. The van der Waals surface area contributed by atoms with Crippen molar-refractivity contribution in [1.29, 1.82) is 0 Å². The van der Waals surface area contributed by atoms with Crippen LogP contribution in [0.4, 0.5) is 0 Å². The fourth-order valence-corrected chi connectivity index (χ4v) is 2.08. The molecule has 0 radical (unpaired) electrons. The highest BCUT2D eigenvalue weighted by molar-refractivity contribution is 9.10. The van der Waals surface area contributed by atoms with Crippen LogP contribution in [-0.2, 0) is 0 Å². The van der Waals surface area contributed by atoms with Gasteiger partial charge >= 0.3 is 0 Å². The summed E-state index contributed by atoms with van der Waals surface area (Å²) >= 11 is 9.16. The number of pyridine rings is 1. The van der Waals surface area contributed by atoms with E-state index in [1.807, 2.05) is 6.07 Å². The number of nitrogens with zero attached hydrogens (tertiary/aromatic N) is 1. The van der Waals surface area contributed by atoms with Gasteiger partial charge in [0.15, 0.2) is 0 Å². The van der Waals surface area contributed by atoms with Crippen molar-refractivity contribution in [2.24, 2.45) is 5.73 Å². The van der Waals surface area contributed by atoms with Crippen molar-refractivity contribution in [2.45, 2.75) is 25.8 Å². The molecule has 1 atom stereocenters. The van der Waals surface area contributed by atoms with Gasteiger partial charge in [0.25, 0.3) is 0 Å². The van der Waals surface area contributed by atoms with Gasteiger partial charge in [-0.2, -0.15) is 0 Å². The van der Waals surface area contributed by atoms with Crippen LogP contribution in [0.15, 0.2) is 16.7 Å². The Bertz CT molecular complexity index is 291. The van der Waals surface area contributed by atoms with Crippen molar-refractivity contribution in [3.05, 3.63) is 27.5 Å². The first-order valence-electron chi connectivity index (χ1n) is 4.21. The first kappa shape index (κ1) is 11.0. The molecule has 72 valence electrons. The zero-order valence-corrected chi connectivity index (χ0v) is 9.77. The first-order chi connectivity index (χ1) is 6.15. The Labute approximate surface area is 91.6 Å². The summed E-state index contributed by atoms with van der Waals surface area (Å²) in [5.41, 5.74) is 6.80. The van der Waals surface area contributed by atoms with Gasteiger partial charge in [0.05, 0.1) is 10.7 Å². The normalized spacial score (nSPS) is 12.9. The first-order valence-corrected chi connectivity index (χ1v) is 5.38. The van der Waals surface area contributed by atoms with Crippen molar-refractivity contribution in [3.63, 3.8) is 0 Å². The van der Waals surface area contributed by atoms with E-state index in [0.29, 0.717) is 5.02 Å². The lowest BCUT2D eigenvalue weighted by atomic mass is 10.1. The van der Waals surface area contributed by atoms with Gasteiger partial charge in [-0.05, 0) is 28.4 Å². The molecule has 0 bridgehead atoms. The summed E-state index contributed by atoms with van der Waals surface area (Å²) in [5.74, 6) is 0. The Morgan fingerprint density at radius 1 is 1.69 bits per heavy atom. The lowest BCUT2D eigenvalue weighted by Crippen LogP contribution is -2.12. The molecule has 13 heavy (non-hydrogen) atoms. The molecule has 2 N–H and O–H groups in total. The van der Waals surface area contributed by atoms with E-state index in [1.54, 1.807) is 6.20 Å². The molecule has 0 aliphatic rings. The number of halogens is 2. The van der Waals surface area contributed by atoms with Crippen LogP contribution in [0.2, 0.25) is 5.02 Å². The molecule has 0 aromatic carbocycles. The second-order valence-corrected chi connectivity index (χ2v) is 4.21. The van der Waals surface area contributed by atoms with Crippen LogP contribution >= 0.6 is 27.5 Å². The third-order valence-corrected chi connectivity index (χ3v) is 2.63. The second kappa shape index (κ2) is 4.94. The van der Waals surface area contributed by atoms with Gasteiger partial charge < -0.3 is 5.73 Å². The third-order valence-electron chi connectivity index (χ3n) is 1.79. The molecule has 0 aliphatic heterocycles. The van der Waals surface area contributed by atoms with Crippen LogP contribution in [-0.4, -0.2) is 4.98 Å². The Kier molecular flexibility index (Phi) is 4.16. The smallest absolute Gasteiger partial charge is 0.0713 e. The molecule has 1 aromatic rings. The van der Waals surface area contributed by atoms with Crippen LogP contribution in [0.3, 0.4) is 0 Å². The second-order valence-electron chi connectivity index (χ2n) is 2.92. The molecule has 1 rings (SSSR count). The zero-order valence-electron chi connectivity index (χ0n) is 7.43. The van der Waals surface area contributed by atoms with Gasteiger partial charge in [0.2, 0.25) is 0 Å². The predicted octanol–water partition coefficient (Wildman–Crippen LogP) is 3.30. The average molecular weight is 264 g/mol. The lowest BCUT2D eigenvalue weighted by Gasteiger charge is -2.11. The lowest BCUT2D eigenvalue weighted by molar-refractivity contribution is 0.619. The fraction of sp³-hybridized carbons (Fsp3) is 0.444. The summed E-state index contributed by atoms with van der Waals surface area (Å²) in [6, 6.07) is 1.82. The molecule has 0 saturated carbocycles. The van der Waals surface area contributed by atoms with E-state index < -0.39 is 0 Å². The maximum absolute atomic E-state index is 5.92. The third kappa shape index (κ3) is 2.93. The summed E-state index contributed by atoms with van der Waals surface area (Å²) in [4.78, 5) is 4.19. The van der Waals surface area contributed by atoms with Crippen molar-refractivity contribution >= 4 is 27.5 Å². The Balaban J connectivity index is 2.88. The van der Waals surface area contributed by atoms with Crippen LogP contribution in [0.25, 0.3) is 0 Å². The zero-order chi connectivity index (χ0) is 9.84. The van der Waals surface area contributed by atoms with Gasteiger partial charge in [0, 0.05) is 16.7 Å². The molecular weight excluding hydrogens is 251 g/mol. The minimum Gasteiger partial charge on any atom is -0.323 e. The van der Waals surface area contributed by atoms with Crippen molar-refractivity contribution in [3.8, 4) is 0 Å². The standard InChI is InChI=1S/C9H12BrClN2/c1-2-3-8(12)9-7(10)4-6(11)5-13-9/h4-5,8H,2-3,12H2,1H3/t8-/m0/s1. The number of hydrogen-bond donors (Lipinski definition) is 1. The van der Waals surface area contributed by atoms with Crippen molar-refractivity contribution < 1.29 is 0 Å². The monoisotopic (exact) mass is 262 g/mol. The summed E-state index contributed by atoms with van der Waals surface area (Å²) in [5, 5.41) is 0.624. The molecule has 0 aliphatic carbocycles. The van der Waals surface area contributed by atoms with E-state index in [0.717, 1.165) is 23.0 Å². The molecule has 0 saturated heterocycles. The van der Waals surface area contributed by atoms with Crippen molar-refractivity contribution in [1.82, 2.24) is 4.98 Å². The quantitative estimate of drug-likeness (QED) is 0.909. The average Bonchev–Trinajstić information content (AvgIpc) is 2.04. The van der Waals surface area contributed by atoms with Crippen LogP contribution in [0.1, 0.15) is 31.5 Å². The Morgan fingerprint density at radius 3 is 2.92 bits per heavy atom. The van der Waals surface area contributed by atoms with E-state index in [1.165, 1.54) is 0 Å². The molecule has 2 nitrogen and oxygen atoms in total. The number of aromatic nitrogens is 1. The SMILES string of the molecule is CCC[C@H](N)c1ncc(Cl)cc1Br. The maximum atomic E-state index is 5.92. The van der Waals surface area contributed by atoms with E-state index in [9.17, 15) is 0 Å². The van der Waals surface area contributed by atoms with E-state index in [2.05, 4.69) is 27.8 Å². The molecule has 0 unspecified atom stereocenters. The van der Waals surface area contributed by atoms with Gasteiger partial charge in [-0.1, -0.05) is 24.9 Å². The summed E-state index contributed by atoms with van der Waals surface area (Å²) < 4.78 is 0.890. The molecule has 1 aromatic heterocycles. The molecule has 0 spiro atoms. The molecular formula is C9H12BrClN2. The predicted molar refractivity (Wildman–Crippen MR) is 58.8 cm³/mol. The van der Waals surface area contributed by atoms with Gasteiger partial charge in [-0.15, -0.1) is 0 Å². The fourth-order valence-electron chi connectivity index (χ4n) is 1.15. The highest BCUT2D eigenvalue weighted by Crippen LogP contribution is 2.25. The topological polar surface area (TPSA) is 38.9 Å². The largest absolute Gasteiger partial charge is 0.323 e. The van der Waals surface area contributed by atoms with E-state index in [-0.39, 0.29) is 6.04 Å². The number of nitrogens with two attached hydrogens (primary N) is 1. The van der Waals surface area contributed by atoms with Crippen LogP contribution in [0, 0.1) is 0 Å². The summed E-state index contributed by atoms with van der Waals surface area (Å²) in [7, 11) is 0. The highest BCUT2D eigenvalue weighted by atomic mass is 79.9. The summed E-state index contributed by atoms with van der Waals surface area (Å²) in [6.45, 7) is 2.10. The van der Waals surface area contributed by atoms with Gasteiger partial charge in [0.1, 0.15) is 0 Å². The Hall–Kier alpha value is -0.120. The Morgan fingerprint density at radius 2 is 2.38 bits per heavy atom. The summed E-state index contributed by atoms with van der Waals surface area (Å²) in [6.07, 6.45) is 3.61. The van der Waals surface area contributed by atoms with Crippen LogP contribution < -0.4 is 5.73 Å². The molecule has 4 heteroatoms. The van der Waals surface area contributed by atoms with Crippen molar-refractivity contribution in [2.75, 3.05) is 0 Å². The van der Waals surface area contributed by atoms with E-state index >= 15 is 0 Å². The van der Waals surface area contributed by atoms with Gasteiger partial charge in [-0.3, -0.25) is 4.98 Å². The maximum Gasteiger partial charge on any atom is 0.0713 e. The van der Waals surface area contributed by atoms with Crippen LogP contribution in [0.5, 0.6) is 0 Å². The number of hydrogen-bond acceptors (Lipinski definition) is 2. The number of rotatable bonds is 3. The van der Waals surface area contributed by atoms with E-state index in [4.69, 9.17) is 17.3 Å². The highest BCUT2D eigenvalue weighted by Gasteiger charge is 2.10. The minimum absolute atomic E-state index is 0.00311. The minimum atomic E-state index is -0.00311. The molecule has 0 fully saturated rings.